The van der Waals surface area contributed by atoms with Crippen molar-refractivity contribution >= 4 is 5.97 Å². The molecule has 0 heterocycles. The number of ether oxygens (including phenoxy) is 2. The minimum absolute atomic E-state index is 0.0339. The largest absolute Gasteiger partial charge is 0.463 e. The molecule has 1 aliphatic rings. The van der Waals surface area contributed by atoms with Gasteiger partial charge in [-0.15, -0.1) is 0 Å². The van der Waals surface area contributed by atoms with Gasteiger partial charge in [-0.25, -0.2) is 0 Å². The minimum atomic E-state index is -0.0790. The van der Waals surface area contributed by atoms with Crippen LogP contribution in [-0.2, 0) is 14.3 Å². The van der Waals surface area contributed by atoms with E-state index in [9.17, 15) is 4.79 Å². The normalized spacial score (nSPS) is 22.5. The van der Waals surface area contributed by atoms with Crippen LogP contribution in [0.15, 0.2) is 0 Å². The van der Waals surface area contributed by atoms with E-state index in [4.69, 9.17) is 9.47 Å². The summed E-state index contributed by atoms with van der Waals surface area (Å²) >= 11 is 0. The van der Waals surface area contributed by atoms with E-state index in [1.807, 2.05) is 6.92 Å². The summed E-state index contributed by atoms with van der Waals surface area (Å²) in [6, 6.07) is 0. The molecule has 88 valence electrons. The Morgan fingerprint density at radius 3 is 2.07 bits per heavy atom. The second-order valence-electron chi connectivity index (χ2n) is 5.24. The first-order valence-corrected chi connectivity index (χ1v) is 5.60. The molecule has 0 aromatic carbocycles. The van der Waals surface area contributed by atoms with Gasteiger partial charge in [0.05, 0.1) is 12.5 Å². The third kappa shape index (κ3) is 2.17. The summed E-state index contributed by atoms with van der Waals surface area (Å²) in [6.45, 7) is 11.9. The van der Waals surface area contributed by atoms with Gasteiger partial charge in [0.25, 0.3) is 0 Å². The fraction of sp³-hybridized carbons (Fsp3) is 0.917. The molecule has 1 rings (SSSR count). The molecule has 1 saturated carbocycles. The van der Waals surface area contributed by atoms with Gasteiger partial charge in [0.1, 0.15) is 6.61 Å². The van der Waals surface area contributed by atoms with Gasteiger partial charge in [-0.05, 0) is 17.8 Å². The molecule has 1 aliphatic carbocycles. The van der Waals surface area contributed by atoms with Crippen LogP contribution in [0.3, 0.4) is 0 Å². The molecule has 0 radical (unpaired) electrons. The first kappa shape index (κ1) is 12.5. The van der Waals surface area contributed by atoms with Crippen LogP contribution in [0.1, 0.15) is 34.6 Å². The van der Waals surface area contributed by atoms with Crippen LogP contribution in [0, 0.1) is 16.7 Å². The Balaban J connectivity index is 2.32. The highest BCUT2D eigenvalue weighted by molar-refractivity contribution is 5.78. The third-order valence-electron chi connectivity index (χ3n) is 3.93. The molecule has 0 aromatic rings. The van der Waals surface area contributed by atoms with Crippen LogP contribution >= 0.6 is 0 Å². The van der Waals surface area contributed by atoms with Gasteiger partial charge in [0, 0.05) is 6.61 Å². The average molecular weight is 214 g/mol. The standard InChI is InChI=1S/C12H22O3/c1-6-14-7-8-15-10(13)9-11(2,3)12(9,4)5/h9H,6-8H2,1-5H3. The molecule has 3 heteroatoms. The smallest absolute Gasteiger partial charge is 0.310 e. The Kier molecular flexibility index (Phi) is 3.44. The number of carbonyl (C=O) groups is 1. The Bertz CT molecular complexity index is 229. The van der Waals surface area contributed by atoms with Gasteiger partial charge in [-0.1, -0.05) is 27.7 Å². The second kappa shape index (κ2) is 4.12. The summed E-state index contributed by atoms with van der Waals surface area (Å²) in [6.07, 6.45) is 0. The van der Waals surface area contributed by atoms with E-state index in [1.165, 1.54) is 0 Å². The van der Waals surface area contributed by atoms with Gasteiger partial charge in [0.15, 0.2) is 0 Å². The summed E-state index contributed by atoms with van der Waals surface area (Å²) in [5.74, 6) is -0.0451. The quantitative estimate of drug-likeness (QED) is 0.520. The SMILES string of the molecule is CCOCCOC(=O)C1C(C)(C)C1(C)C. The molecule has 1 fully saturated rings. The molecule has 0 saturated heterocycles. The van der Waals surface area contributed by atoms with Crippen LogP contribution in [0.4, 0.5) is 0 Å². The molecule has 0 aromatic heterocycles. The lowest BCUT2D eigenvalue weighted by molar-refractivity contribution is -0.148. The van der Waals surface area contributed by atoms with Crippen molar-refractivity contribution < 1.29 is 14.3 Å². The summed E-state index contributed by atoms with van der Waals surface area (Å²) in [5.41, 5.74) is 0.130. The molecule has 3 nitrogen and oxygen atoms in total. The summed E-state index contributed by atoms with van der Waals surface area (Å²) in [4.78, 5) is 11.7. The molecule has 0 amide bonds. The maximum Gasteiger partial charge on any atom is 0.310 e. The molecule has 0 unspecified atom stereocenters. The van der Waals surface area contributed by atoms with Gasteiger partial charge in [-0.2, -0.15) is 0 Å². The van der Waals surface area contributed by atoms with Crippen LogP contribution in [0.5, 0.6) is 0 Å². The molecule has 15 heavy (non-hydrogen) atoms. The van der Waals surface area contributed by atoms with Crippen molar-refractivity contribution in [3.05, 3.63) is 0 Å². The maximum absolute atomic E-state index is 11.7. The molecule has 0 bridgehead atoms. The Labute approximate surface area is 92.1 Å². The first-order valence-electron chi connectivity index (χ1n) is 5.60. The van der Waals surface area contributed by atoms with Crippen molar-refractivity contribution in [3.8, 4) is 0 Å². The van der Waals surface area contributed by atoms with Crippen molar-refractivity contribution in [2.75, 3.05) is 19.8 Å². The fourth-order valence-corrected chi connectivity index (χ4v) is 2.21. The lowest BCUT2D eigenvalue weighted by atomic mass is 10.0. The summed E-state index contributed by atoms with van der Waals surface area (Å²) in [7, 11) is 0. The minimum Gasteiger partial charge on any atom is -0.463 e. The number of esters is 1. The summed E-state index contributed by atoms with van der Waals surface area (Å²) in [5, 5.41) is 0. The fourth-order valence-electron chi connectivity index (χ4n) is 2.21. The predicted octanol–water partition coefficient (Wildman–Crippen LogP) is 2.25. The molecule has 0 N–H and O–H groups in total. The molecule has 0 aliphatic heterocycles. The van der Waals surface area contributed by atoms with Crippen LogP contribution < -0.4 is 0 Å². The van der Waals surface area contributed by atoms with E-state index < -0.39 is 0 Å². The molecule has 0 atom stereocenters. The summed E-state index contributed by atoms with van der Waals surface area (Å²) < 4.78 is 10.3. The first-order chi connectivity index (χ1) is 6.85. The second-order valence-corrected chi connectivity index (χ2v) is 5.24. The molecule has 0 spiro atoms. The maximum atomic E-state index is 11.7. The van der Waals surface area contributed by atoms with E-state index in [2.05, 4.69) is 27.7 Å². The van der Waals surface area contributed by atoms with Crippen LogP contribution in [0.2, 0.25) is 0 Å². The van der Waals surface area contributed by atoms with E-state index in [0.29, 0.717) is 19.8 Å². The monoisotopic (exact) mass is 214 g/mol. The van der Waals surface area contributed by atoms with E-state index in [-0.39, 0.29) is 22.7 Å². The van der Waals surface area contributed by atoms with Crippen LogP contribution in [-0.4, -0.2) is 25.8 Å². The van der Waals surface area contributed by atoms with Gasteiger partial charge in [0.2, 0.25) is 0 Å². The van der Waals surface area contributed by atoms with E-state index in [0.717, 1.165) is 0 Å². The van der Waals surface area contributed by atoms with Gasteiger partial charge in [-0.3, -0.25) is 4.79 Å². The highest BCUT2D eigenvalue weighted by Gasteiger charge is 2.69. The molecular formula is C12H22O3. The topological polar surface area (TPSA) is 35.5 Å². The Hall–Kier alpha value is -0.570. The number of rotatable bonds is 5. The van der Waals surface area contributed by atoms with Crippen molar-refractivity contribution in [1.29, 1.82) is 0 Å². The van der Waals surface area contributed by atoms with Crippen molar-refractivity contribution in [2.24, 2.45) is 16.7 Å². The predicted molar refractivity (Wildman–Crippen MR) is 58.5 cm³/mol. The van der Waals surface area contributed by atoms with Crippen molar-refractivity contribution in [1.82, 2.24) is 0 Å². The van der Waals surface area contributed by atoms with E-state index in [1.54, 1.807) is 0 Å². The van der Waals surface area contributed by atoms with Gasteiger partial charge < -0.3 is 9.47 Å². The Morgan fingerprint density at radius 2 is 1.67 bits per heavy atom. The highest BCUT2D eigenvalue weighted by atomic mass is 16.6. The van der Waals surface area contributed by atoms with Crippen LogP contribution in [0.25, 0.3) is 0 Å². The Morgan fingerprint density at radius 1 is 1.13 bits per heavy atom. The number of hydrogen-bond donors (Lipinski definition) is 0. The van der Waals surface area contributed by atoms with E-state index >= 15 is 0 Å². The lowest BCUT2D eigenvalue weighted by Gasteiger charge is -2.05. The lowest BCUT2D eigenvalue weighted by Crippen LogP contribution is -2.15. The van der Waals surface area contributed by atoms with Crippen molar-refractivity contribution in [2.45, 2.75) is 34.6 Å². The zero-order chi connectivity index (χ0) is 11.7. The zero-order valence-corrected chi connectivity index (χ0v) is 10.4. The molecular weight excluding hydrogens is 192 g/mol. The number of hydrogen-bond acceptors (Lipinski definition) is 3. The number of carbonyl (C=O) groups excluding carboxylic acids is 1. The third-order valence-corrected chi connectivity index (χ3v) is 3.93. The average Bonchev–Trinajstić information content (AvgIpc) is 2.51. The zero-order valence-electron chi connectivity index (χ0n) is 10.4. The van der Waals surface area contributed by atoms with Gasteiger partial charge >= 0.3 is 5.97 Å². The van der Waals surface area contributed by atoms with Crippen molar-refractivity contribution in [3.63, 3.8) is 0 Å². The highest BCUT2D eigenvalue weighted by Crippen LogP contribution is 2.68.